The topological polar surface area (TPSA) is 124 Å². The Morgan fingerprint density at radius 3 is 2.65 bits per heavy atom. The van der Waals surface area contributed by atoms with E-state index >= 15 is 0 Å². The zero-order valence-corrected chi connectivity index (χ0v) is 20.5. The molecule has 3 aromatic rings. The van der Waals surface area contributed by atoms with Crippen LogP contribution in [0.3, 0.4) is 0 Å². The average molecular weight is 518 g/mol. The molecule has 1 amide bonds. The molecule has 4 unspecified atom stereocenters. The molecule has 3 heterocycles. The van der Waals surface area contributed by atoms with Crippen LogP contribution in [0.5, 0.6) is 0 Å². The maximum Gasteiger partial charge on any atom is 0.308 e. The Labute approximate surface area is 204 Å². The van der Waals surface area contributed by atoms with Crippen molar-refractivity contribution in [2.45, 2.75) is 46.9 Å². The summed E-state index contributed by atoms with van der Waals surface area (Å²) >= 11 is 2.98. The number of nitrogens with zero attached hydrogens (tertiary/aromatic N) is 1. The number of benzene rings is 1. The Balaban J connectivity index is 1.29. The van der Waals surface area contributed by atoms with Crippen molar-refractivity contribution in [3.63, 3.8) is 0 Å². The van der Waals surface area contributed by atoms with E-state index in [0.717, 1.165) is 15.7 Å². The van der Waals surface area contributed by atoms with Crippen LogP contribution in [-0.2, 0) is 21.4 Å². The summed E-state index contributed by atoms with van der Waals surface area (Å²) in [7, 11) is -3.81. The van der Waals surface area contributed by atoms with Crippen LogP contribution in [0.1, 0.15) is 35.8 Å². The van der Waals surface area contributed by atoms with Crippen LogP contribution in [0.2, 0.25) is 0 Å². The maximum absolute atomic E-state index is 13.0. The zero-order chi connectivity index (χ0) is 23.6. The molecule has 8 nitrogen and oxygen atoms in total. The molecule has 2 saturated carbocycles. The number of anilines is 1. The molecule has 178 valence electrons. The van der Waals surface area contributed by atoms with Gasteiger partial charge in [-0.15, -0.1) is 11.8 Å². The van der Waals surface area contributed by atoms with Crippen molar-refractivity contribution in [2.24, 2.45) is 22.9 Å². The van der Waals surface area contributed by atoms with E-state index in [4.69, 9.17) is 9.56 Å². The third-order valence-corrected chi connectivity index (χ3v) is 11.1. The van der Waals surface area contributed by atoms with E-state index in [-0.39, 0.29) is 28.1 Å². The fourth-order valence-corrected chi connectivity index (χ4v) is 9.59. The van der Waals surface area contributed by atoms with Crippen LogP contribution in [0.25, 0.3) is 0 Å². The second-order valence-corrected chi connectivity index (χ2v) is 12.9. The van der Waals surface area contributed by atoms with Gasteiger partial charge in [-0.25, -0.2) is 13.6 Å². The van der Waals surface area contributed by atoms with E-state index in [9.17, 15) is 18.0 Å². The summed E-state index contributed by atoms with van der Waals surface area (Å²) in [5.74, 6) is 2.35. The molecule has 0 radical (unpaired) electrons. The van der Waals surface area contributed by atoms with Gasteiger partial charge < -0.3 is 9.73 Å². The first-order valence-electron chi connectivity index (χ1n) is 11.2. The van der Waals surface area contributed by atoms with Gasteiger partial charge in [0.05, 0.1) is 27.0 Å². The van der Waals surface area contributed by atoms with E-state index in [2.05, 4.69) is 5.32 Å². The van der Waals surface area contributed by atoms with Crippen molar-refractivity contribution in [1.82, 2.24) is 4.57 Å². The number of sulfonamides is 1. The van der Waals surface area contributed by atoms with Crippen LogP contribution < -0.4 is 15.3 Å². The quantitative estimate of drug-likeness (QED) is 0.534. The lowest BCUT2D eigenvalue weighted by atomic mass is 9.77. The molecule has 3 N–H and O–H groups in total. The highest BCUT2D eigenvalue weighted by Crippen LogP contribution is 2.64. The van der Waals surface area contributed by atoms with Gasteiger partial charge in [-0.3, -0.25) is 14.2 Å². The lowest BCUT2D eigenvalue weighted by Crippen LogP contribution is -2.34. The highest BCUT2D eigenvalue weighted by Gasteiger charge is 2.55. The summed E-state index contributed by atoms with van der Waals surface area (Å²) in [6.45, 7) is -0.106. The lowest BCUT2D eigenvalue weighted by Gasteiger charge is -2.39. The number of amides is 1. The van der Waals surface area contributed by atoms with Crippen molar-refractivity contribution < 1.29 is 17.6 Å². The van der Waals surface area contributed by atoms with Crippen molar-refractivity contribution in [3.8, 4) is 0 Å². The third-order valence-electron chi connectivity index (χ3n) is 7.31. The standard InChI is InChI=1S/C23H23N3O5S3/c24-34(29,30)15-7-5-14(6-8-15)25-17(27)11-26-22-21(33-23(26)28)19(16-2-1-9-31-16)18-12-3-4-13(10-12)20(18)32-22/h1-2,5-9,12-13,18-20H,3-4,10-11H2,(H,25,27)(H2,24,29,30)/t12?,13?,18?,19-,20?/m0/s1. The predicted molar refractivity (Wildman–Crippen MR) is 130 cm³/mol. The Morgan fingerprint density at radius 2 is 1.94 bits per heavy atom. The van der Waals surface area contributed by atoms with Gasteiger partial charge in [0.25, 0.3) is 0 Å². The smallest absolute Gasteiger partial charge is 0.308 e. The SMILES string of the molecule is NS(=O)(=O)c1ccc(NC(=O)Cn2c3c(sc2=O)[C@@H](c2ccco2)C2C4CCC(C4)C2S3)cc1. The van der Waals surface area contributed by atoms with Gasteiger partial charge in [0, 0.05) is 10.9 Å². The number of nitrogens with one attached hydrogen (secondary N) is 1. The van der Waals surface area contributed by atoms with Gasteiger partial charge in [-0.1, -0.05) is 11.3 Å². The second kappa shape index (κ2) is 8.11. The van der Waals surface area contributed by atoms with Gasteiger partial charge in [0.1, 0.15) is 12.3 Å². The summed E-state index contributed by atoms with van der Waals surface area (Å²) < 4.78 is 30.3. The van der Waals surface area contributed by atoms with E-state index in [1.807, 2.05) is 12.1 Å². The van der Waals surface area contributed by atoms with E-state index < -0.39 is 10.0 Å². The van der Waals surface area contributed by atoms with Crippen molar-refractivity contribution in [1.29, 1.82) is 0 Å². The van der Waals surface area contributed by atoms with Gasteiger partial charge in [-0.05, 0) is 73.4 Å². The van der Waals surface area contributed by atoms with Crippen LogP contribution in [-0.4, -0.2) is 24.1 Å². The van der Waals surface area contributed by atoms with Crippen molar-refractivity contribution in [2.75, 3.05) is 5.32 Å². The number of fused-ring (bicyclic) bond motifs is 6. The Kier molecular flexibility index (Phi) is 5.28. The molecule has 0 spiro atoms. The average Bonchev–Trinajstić information content (AvgIpc) is 3.58. The summed E-state index contributed by atoms with van der Waals surface area (Å²) in [6, 6.07) is 9.52. The number of carbonyl (C=O) groups is 1. The molecule has 1 aliphatic heterocycles. The normalized spacial score (nSPS) is 27.4. The predicted octanol–water partition coefficient (Wildman–Crippen LogP) is 3.44. The number of thioether (sulfide) groups is 1. The molecular weight excluding hydrogens is 494 g/mol. The van der Waals surface area contributed by atoms with Crippen LogP contribution in [0.15, 0.2) is 61.8 Å². The largest absolute Gasteiger partial charge is 0.469 e. The molecule has 2 fully saturated rings. The Hall–Kier alpha value is -2.34. The molecule has 2 aliphatic carbocycles. The molecule has 6 rings (SSSR count). The monoisotopic (exact) mass is 517 g/mol. The molecule has 0 saturated heterocycles. The Bertz CT molecular complexity index is 1410. The number of furan rings is 1. The summed E-state index contributed by atoms with van der Waals surface area (Å²) in [4.78, 5) is 26.7. The minimum absolute atomic E-state index is 0.0330. The van der Waals surface area contributed by atoms with Gasteiger partial charge in [-0.2, -0.15) is 0 Å². The lowest BCUT2D eigenvalue weighted by molar-refractivity contribution is -0.116. The molecule has 2 aromatic heterocycles. The van der Waals surface area contributed by atoms with E-state index in [0.29, 0.717) is 28.7 Å². The first-order chi connectivity index (χ1) is 16.3. The first-order valence-corrected chi connectivity index (χ1v) is 14.4. The molecule has 3 aliphatic rings. The van der Waals surface area contributed by atoms with E-state index in [1.54, 1.807) is 22.6 Å². The molecule has 2 bridgehead atoms. The molecule has 5 atom stereocenters. The summed E-state index contributed by atoms with van der Waals surface area (Å²) in [5, 5.41) is 9.18. The van der Waals surface area contributed by atoms with Gasteiger partial charge in [0.2, 0.25) is 15.9 Å². The van der Waals surface area contributed by atoms with Gasteiger partial charge in [0.15, 0.2) is 0 Å². The number of thiazole rings is 1. The van der Waals surface area contributed by atoms with Crippen LogP contribution in [0.4, 0.5) is 5.69 Å². The molecule has 34 heavy (non-hydrogen) atoms. The van der Waals surface area contributed by atoms with Gasteiger partial charge >= 0.3 is 4.87 Å². The molecular formula is C23H23N3O5S3. The maximum atomic E-state index is 13.0. The van der Waals surface area contributed by atoms with Crippen LogP contribution >= 0.6 is 23.1 Å². The zero-order valence-electron chi connectivity index (χ0n) is 18.0. The number of hydrogen-bond acceptors (Lipinski definition) is 7. The number of nitrogens with two attached hydrogens (primary N) is 1. The number of primary sulfonamides is 1. The highest BCUT2D eigenvalue weighted by atomic mass is 32.2. The minimum atomic E-state index is -3.81. The molecule has 11 heteroatoms. The second-order valence-electron chi connectivity index (χ2n) is 9.23. The number of aromatic nitrogens is 1. The fourth-order valence-electron chi connectivity index (χ4n) is 5.95. The highest BCUT2D eigenvalue weighted by molar-refractivity contribution is 8.00. The third kappa shape index (κ3) is 3.65. The minimum Gasteiger partial charge on any atom is -0.469 e. The first kappa shape index (κ1) is 22.1. The number of hydrogen-bond donors (Lipinski definition) is 2. The number of rotatable bonds is 5. The van der Waals surface area contributed by atoms with Crippen molar-refractivity contribution in [3.05, 3.63) is 63.0 Å². The molecule has 1 aromatic carbocycles. The van der Waals surface area contributed by atoms with E-state index in [1.165, 1.54) is 54.9 Å². The number of carbonyl (C=O) groups excluding carboxylic acids is 1. The summed E-state index contributed by atoms with van der Waals surface area (Å²) in [6.07, 6.45) is 5.38. The fraction of sp³-hybridized carbons (Fsp3) is 0.391. The van der Waals surface area contributed by atoms with Crippen molar-refractivity contribution >= 4 is 44.7 Å². The summed E-state index contributed by atoms with van der Waals surface area (Å²) in [5.41, 5.74) is 0.434. The van der Waals surface area contributed by atoms with Crippen LogP contribution in [0, 0.1) is 17.8 Å². The Morgan fingerprint density at radius 1 is 1.18 bits per heavy atom.